The third-order valence-electron chi connectivity index (χ3n) is 3.15. The number of nitrogens with zero attached hydrogens (tertiary/aromatic N) is 1. The second-order valence-electron chi connectivity index (χ2n) is 4.85. The molecule has 0 radical (unpaired) electrons. The number of H-pyrrole nitrogens is 1. The number of hydrogen-bond acceptors (Lipinski definition) is 4. The Bertz CT molecular complexity index is 839. The van der Waals surface area contributed by atoms with E-state index in [0.29, 0.717) is 10.6 Å². The van der Waals surface area contributed by atoms with Gasteiger partial charge in [0.25, 0.3) is 11.8 Å². The van der Waals surface area contributed by atoms with E-state index in [4.69, 9.17) is 0 Å². The third-order valence-corrected chi connectivity index (χ3v) is 4.15. The van der Waals surface area contributed by atoms with Crippen molar-refractivity contribution in [3.63, 3.8) is 0 Å². The van der Waals surface area contributed by atoms with Gasteiger partial charge in [-0.15, -0.1) is 11.3 Å². The molecule has 0 aliphatic heterocycles. The molecule has 23 heavy (non-hydrogen) atoms. The van der Waals surface area contributed by atoms with Crippen LogP contribution in [-0.4, -0.2) is 22.0 Å². The van der Waals surface area contributed by atoms with Crippen molar-refractivity contribution in [2.75, 3.05) is 0 Å². The lowest BCUT2D eigenvalue weighted by Crippen LogP contribution is -2.41. The first kappa shape index (κ1) is 15.0. The Labute approximate surface area is 136 Å². The maximum atomic E-state index is 12.0. The molecule has 3 N–H and O–H groups in total. The fourth-order valence-electron chi connectivity index (χ4n) is 1.99. The van der Waals surface area contributed by atoms with Crippen LogP contribution in [0.15, 0.2) is 48.5 Å². The topological polar surface area (TPSA) is 86.9 Å². The molecule has 0 aliphatic rings. The smallest absolute Gasteiger partial charge is 0.272 e. The molecule has 0 unspecified atom stereocenters. The SMILES string of the molecule is Cc1ccc(C(=O)NNC(=O)c2cc(-c3ccccc3)n[nH]2)s1. The molecule has 116 valence electrons. The molecule has 2 heterocycles. The lowest BCUT2D eigenvalue weighted by Gasteiger charge is -2.04. The molecule has 2 aromatic heterocycles. The van der Waals surface area contributed by atoms with Crippen molar-refractivity contribution in [3.05, 3.63) is 64.0 Å². The average molecular weight is 326 g/mol. The standard InChI is InChI=1S/C16H14N4O2S/c1-10-7-8-14(23-10)16(22)20-19-15(21)13-9-12(17-18-13)11-5-3-2-4-6-11/h2-9H,1H3,(H,17,18)(H,19,21)(H,20,22). The highest BCUT2D eigenvalue weighted by molar-refractivity contribution is 7.13. The molecule has 0 spiro atoms. The highest BCUT2D eigenvalue weighted by Crippen LogP contribution is 2.17. The van der Waals surface area contributed by atoms with Crippen LogP contribution in [-0.2, 0) is 0 Å². The molecule has 2 amide bonds. The highest BCUT2D eigenvalue weighted by Gasteiger charge is 2.13. The van der Waals surface area contributed by atoms with Crippen LogP contribution < -0.4 is 10.9 Å². The molecule has 3 rings (SSSR count). The van der Waals surface area contributed by atoms with E-state index in [1.54, 1.807) is 12.1 Å². The predicted molar refractivity (Wildman–Crippen MR) is 88.0 cm³/mol. The van der Waals surface area contributed by atoms with E-state index in [0.717, 1.165) is 10.4 Å². The summed E-state index contributed by atoms with van der Waals surface area (Å²) in [5.41, 5.74) is 6.59. The minimum absolute atomic E-state index is 0.270. The second-order valence-corrected chi connectivity index (χ2v) is 6.14. The van der Waals surface area contributed by atoms with E-state index in [1.807, 2.05) is 43.3 Å². The van der Waals surface area contributed by atoms with Crippen LogP contribution >= 0.6 is 11.3 Å². The number of aromatic amines is 1. The molecule has 0 aliphatic carbocycles. The maximum absolute atomic E-state index is 12.0. The Kier molecular flexibility index (Phi) is 4.20. The minimum Gasteiger partial charge on any atom is -0.272 e. The Morgan fingerprint density at radius 3 is 2.48 bits per heavy atom. The summed E-state index contributed by atoms with van der Waals surface area (Å²) in [6.45, 7) is 1.91. The fourth-order valence-corrected chi connectivity index (χ4v) is 2.76. The molecule has 0 atom stereocenters. The van der Waals surface area contributed by atoms with Gasteiger partial charge in [0.05, 0.1) is 10.6 Å². The summed E-state index contributed by atoms with van der Waals surface area (Å²) < 4.78 is 0. The molecule has 0 saturated heterocycles. The highest BCUT2D eigenvalue weighted by atomic mass is 32.1. The number of aromatic nitrogens is 2. The summed E-state index contributed by atoms with van der Waals surface area (Å²) in [4.78, 5) is 25.5. The van der Waals surface area contributed by atoms with Gasteiger partial charge in [0.1, 0.15) is 5.69 Å². The van der Waals surface area contributed by atoms with Crippen molar-refractivity contribution in [1.29, 1.82) is 0 Å². The molecular weight excluding hydrogens is 312 g/mol. The number of benzene rings is 1. The molecule has 0 bridgehead atoms. The summed E-state index contributed by atoms with van der Waals surface area (Å²) in [6.07, 6.45) is 0. The number of amides is 2. The lowest BCUT2D eigenvalue weighted by atomic mass is 10.1. The first-order valence-corrected chi connectivity index (χ1v) is 7.73. The van der Waals surface area contributed by atoms with Gasteiger partial charge >= 0.3 is 0 Å². The van der Waals surface area contributed by atoms with Crippen molar-refractivity contribution in [2.24, 2.45) is 0 Å². The van der Waals surface area contributed by atoms with Gasteiger partial charge < -0.3 is 0 Å². The van der Waals surface area contributed by atoms with Gasteiger partial charge in [-0.05, 0) is 25.1 Å². The fraction of sp³-hybridized carbons (Fsp3) is 0.0625. The van der Waals surface area contributed by atoms with Gasteiger partial charge in [0.2, 0.25) is 0 Å². The number of hydrogen-bond donors (Lipinski definition) is 3. The molecule has 3 aromatic rings. The normalized spacial score (nSPS) is 10.3. The molecular formula is C16H14N4O2S. The van der Waals surface area contributed by atoms with Crippen LogP contribution in [0.1, 0.15) is 25.0 Å². The molecule has 1 aromatic carbocycles. The van der Waals surface area contributed by atoms with Crippen LogP contribution in [0.4, 0.5) is 0 Å². The third kappa shape index (κ3) is 3.46. The quantitative estimate of drug-likeness (QED) is 0.646. The van der Waals surface area contributed by atoms with Crippen molar-refractivity contribution in [2.45, 2.75) is 6.92 Å². The summed E-state index contributed by atoms with van der Waals surface area (Å²) >= 11 is 1.36. The van der Waals surface area contributed by atoms with Gasteiger partial charge in [-0.1, -0.05) is 30.3 Å². The molecule has 0 fully saturated rings. The van der Waals surface area contributed by atoms with Crippen LogP contribution in [0.5, 0.6) is 0 Å². The first-order chi connectivity index (χ1) is 11.1. The van der Waals surface area contributed by atoms with Gasteiger partial charge in [0.15, 0.2) is 0 Å². The van der Waals surface area contributed by atoms with Crippen molar-refractivity contribution < 1.29 is 9.59 Å². The minimum atomic E-state index is -0.457. The predicted octanol–water partition coefficient (Wildman–Crippen LogP) is 2.52. The van der Waals surface area contributed by atoms with E-state index >= 15 is 0 Å². The van der Waals surface area contributed by atoms with Crippen LogP contribution in [0.2, 0.25) is 0 Å². The lowest BCUT2D eigenvalue weighted by molar-refractivity contribution is 0.0846. The van der Waals surface area contributed by atoms with Gasteiger partial charge in [-0.3, -0.25) is 25.5 Å². The molecule has 6 nitrogen and oxygen atoms in total. The average Bonchev–Trinajstić information content (AvgIpc) is 3.22. The summed E-state index contributed by atoms with van der Waals surface area (Å²) in [5.74, 6) is -0.805. The van der Waals surface area contributed by atoms with E-state index < -0.39 is 5.91 Å². The second kappa shape index (κ2) is 6.45. The number of rotatable bonds is 3. The maximum Gasteiger partial charge on any atom is 0.287 e. The van der Waals surface area contributed by atoms with Crippen molar-refractivity contribution in [1.82, 2.24) is 21.0 Å². The van der Waals surface area contributed by atoms with Crippen LogP contribution in [0, 0.1) is 6.92 Å². The first-order valence-electron chi connectivity index (χ1n) is 6.91. The zero-order valence-corrected chi connectivity index (χ0v) is 13.1. The summed E-state index contributed by atoms with van der Waals surface area (Å²) in [5, 5.41) is 6.76. The van der Waals surface area contributed by atoms with E-state index in [9.17, 15) is 9.59 Å². The van der Waals surface area contributed by atoms with E-state index in [1.165, 1.54) is 11.3 Å². The molecule has 7 heteroatoms. The number of thiophene rings is 1. The summed E-state index contributed by atoms with van der Waals surface area (Å²) in [6, 6.07) is 14.7. The largest absolute Gasteiger partial charge is 0.287 e. The molecule has 0 saturated carbocycles. The number of hydrazine groups is 1. The van der Waals surface area contributed by atoms with Gasteiger partial charge in [0, 0.05) is 10.4 Å². The number of carbonyl (C=O) groups is 2. The monoisotopic (exact) mass is 326 g/mol. The van der Waals surface area contributed by atoms with Gasteiger partial charge in [-0.2, -0.15) is 5.10 Å². The van der Waals surface area contributed by atoms with Crippen molar-refractivity contribution >= 4 is 23.2 Å². The Balaban J connectivity index is 1.63. The zero-order valence-electron chi connectivity index (χ0n) is 12.3. The van der Waals surface area contributed by atoms with Crippen molar-refractivity contribution in [3.8, 4) is 11.3 Å². The Hall–Kier alpha value is -2.93. The van der Waals surface area contributed by atoms with E-state index in [2.05, 4.69) is 21.0 Å². The van der Waals surface area contributed by atoms with Crippen LogP contribution in [0.3, 0.4) is 0 Å². The Morgan fingerprint density at radius 2 is 1.78 bits per heavy atom. The summed E-state index contributed by atoms with van der Waals surface area (Å²) in [7, 11) is 0. The number of aryl methyl sites for hydroxylation is 1. The van der Waals surface area contributed by atoms with E-state index in [-0.39, 0.29) is 11.6 Å². The number of nitrogens with one attached hydrogen (secondary N) is 3. The van der Waals surface area contributed by atoms with Gasteiger partial charge in [-0.25, -0.2) is 0 Å². The number of carbonyl (C=O) groups excluding carboxylic acids is 2. The Morgan fingerprint density at radius 1 is 1.04 bits per heavy atom. The zero-order chi connectivity index (χ0) is 16.2. The van der Waals surface area contributed by atoms with Crippen LogP contribution in [0.25, 0.3) is 11.3 Å².